The predicted octanol–water partition coefficient (Wildman–Crippen LogP) is 4.20. The number of benzene rings is 2. The Morgan fingerprint density at radius 2 is 1.70 bits per heavy atom. The van der Waals surface area contributed by atoms with Crippen LogP contribution in [0, 0.1) is 12.8 Å². The SMILES string of the molecule is Cc1ccn(-c2cnc(C(N)=O)c(Nc3ccc(C4CCN(CC5CCN(c6ccc7c(=O)n(C8CCC(=O)NC8=O)ccc7c6)CC5)CC4)cc3)n2)n1. The normalized spacial score (nSPS) is 18.9. The predicted molar refractivity (Wildman–Crippen MR) is 205 cm³/mol. The van der Waals surface area contributed by atoms with E-state index in [-0.39, 0.29) is 29.4 Å². The van der Waals surface area contributed by atoms with Crippen molar-refractivity contribution in [2.45, 2.75) is 57.4 Å². The first-order valence-electron chi connectivity index (χ1n) is 18.7. The fourth-order valence-electron chi connectivity index (χ4n) is 8.10. The number of aromatic nitrogens is 5. The molecule has 3 aliphatic heterocycles. The number of aryl methyl sites for hydroxylation is 1. The van der Waals surface area contributed by atoms with E-state index < -0.39 is 17.9 Å². The van der Waals surface area contributed by atoms with Gasteiger partial charge >= 0.3 is 0 Å². The van der Waals surface area contributed by atoms with Crippen LogP contribution in [-0.4, -0.2) is 79.7 Å². The van der Waals surface area contributed by atoms with Crippen LogP contribution in [0.25, 0.3) is 16.6 Å². The number of imide groups is 1. The van der Waals surface area contributed by atoms with Crippen molar-refractivity contribution in [1.29, 1.82) is 0 Å². The average Bonchev–Trinajstić information content (AvgIpc) is 3.62. The number of hydrogen-bond acceptors (Lipinski definition) is 10. The molecule has 0 spiro atoms. The molecule has 54 heavy (non-hydrogen) atoms. The van der Waals surface area contributed by atoms with Gasteiger partial charge in [-0.15, -0.1) is 0 Å². The van der Waals surface area contributed by atoms with E-state index >= 15 is 0 Å². The molecule has 278 valence electrons. The van der Waals surface area contributed by atoms with E-state index in [1.54, 1.807) is 17.1 Å². The molecule has 3 saturated heterocycles. The maximum absolute atomic E-state index is 13.3. The lowest BCUT2D eigenvalue weighted by atomic mass is 9.88. The van der Waals surface area contributed by atoms with Crippen molar-refractivity contribution >= 4 is 45.7 Å². The van der Waals surface area contributed by atoms with Gasteiger partial charge in [-0.25, -0.2) is 14.6 Å². The third-order valence-electron chi connectivity index (χ3n) is 11.1. The van der Waals surface area contributed by atoms with Crippen molar-refractivity contribution in [2.24, 2.45) is 11.7 Å². The Kier molecular flexibility index (Phi) is 9.67. The molecule has 3 aromatic heterocycles. The molecular formula is C40H44N10O4. The Morgan fingerprint density at radius 3 is 2.41 bits per heavy atom. The zero-order valence-electron chi connectivity index (χ0n) is 30.3. The van der Waals surface area contributed by atoms with Crippen LogP contribution >= 0.6 is 0 Å². The molecule has 1 atom stereocenters. The fraction of sp³-hybridized carbons (Fsp3) is 0.375. The molecule has 1 unspecified atom stereocenters. The highest BCUT2D eigenvalue weighted by Crippen LogP contribution is 2.32. The number of primary amides is 1. The molecule has 4 N–H and O–H groups in total. The van der Waals surface area contributed by atoms with Crippen molar-refractivity contribution in [1.82, 2.24) is 34.5 Å². The maximum Gasteiger partial charge on any atom is 0.271 e. The number of piperidine rings is 3. The largest absolute Gasteiger partial charge is 0.371 e. The summed E-state index contributed by atoms with van der Waals surface area (Å²) in [5.41, 5.74) is 9.52. The van der Waals surface area contributed by atoms with Crippen LogP contribution < -0.4 is 26.8 Å². The molecule has 3 fully saturated rings. The summed E-state index contributed by atoms with van der Waals surface area (Å²) < 4.78 is 3.07. The minimum absolute atomic E-state index is 0.0695. The summed E-state index contributed by atoms with van der Waals surface area (Å²) in [5.74, 6) is 0.539. The monoisotopic (exact) mass is 728 g/mol. The minimum Gasteiger partial charge on any atom is -0.371 e. The highest BCUT2D eigenvalue weighted by Gasteiger charge is 2.29. The Bertz CT molecular complexity index is 2270. The zero-order chi connectivity index (χ0) is 37.3. The smallest absolute Gasteiger partial charge is 0.271 e. The van der Waals surface area contributed by atoms with E-state index in [1.165, 1.54) is 16.3 Å². The first-order chi connectivity index (χ1) is 26.2. The molecule has 0 bridgehead atoms. The summed E-state index contributed by atoms with van der Waals surface area (Å²) in [6, 6.07) is 17.4. The molecule has 3 amide bonds. The number of anilines is 3. The van der Waals surface area contributed by atoms with Crippen LogP contribution in [0.15, 0.2) is 78.0 Å². The molecule has 3 aliphatic rings. The van der Waals surface area contributed by atoms with Crippen LogP contribution in [0.3, 0.4) is 0 Å². The summed E-state index contributed by atoms with van der Waals surface area (Å²) in [6.07, 6.45) is 9.97. The van der Waals surface area contributed by atoms with E-state index in [1.807, 2.05) is 43.3 Å². The molecule has 5 aromatic rings. The van der Waals surface area contributed by atoms with Gasteiger partial charge in [0.05, 0.1) is 11.9 Å². The fourth-order valence-corrected chi connectivity index (χ4v) is 8.10. The van der Waals surface area contributed by atoms with Crippen LogP contribution in [0.2, 0.25) is 0 Å². The highest BCUT2D eigenvalue weighted by atomic mass is 16.2. The Hall–Kier alpha value is -5.89. The summed E-state index contributed by atoms with van der Waals surface area (Å²) in [7, 11) is 0. The Morgan fingerprint density at radius 1 is 0.926 bits per heavy atom. The first-order valence-corrected chi connectivity index (χ1v) is 18.7. The second kappa shape index (κ2) is 14.9. The van der Waals surface area contributed by atoms with Gasteiger partial charge < -0.3 is 25.4 Å². The van der Waals surface area contributed by atoms with E-state index in [0.717, 1.165) is 80.9 Å². The zero-order valence-corrected chi connectivity index (χ0v) is 30.3. The van der Waals surface area contributed by atoms with Gasteiger partial charge in [-0.3, -0.25) is 24.5 Å². The van der Waals surface area contributed by atoms with Gasteiger partial charge in [0.2, 0.25) is 11.8 Å². The molecule has 6 heterocycles. The Labute approximate surface area is 312 Å². The van der Waals surface area contributed by atoms with Gasteiger partial charge in [-0.1, -0.05) is 12.1 Å². The second-order valence-electron chi connectivity index (χ2n) is 14.7. The lowest BCUT2D eigenvalue weighted by molar-refractivity contribution is -0.135. The third kappa shape index (κ3) is 7.33. The van der Waals surface area contributed by atoms with Crippen molar-refractivity contribution in [3.63, 3.8) is 0 Å². The second-order valence-corrected chi connectivity index (χ2v) is 14.7. The molecule has 0 saturated carbocycles. The van der Waals surface area contributed by atoms with E-state index in [0.29, 0.717) is 29.5 Å². The van der Waals surface area contributed by atoms with Crippen molar-refractivity contribution < 1.29 is 14.4 Å². The lowest BCUT2D eigenvalue weighted by Gasteiger charge is -2.38. The number of nitrogens with zero attached hydrogens (tertiary/aromatic N) is 7. The number of carbonyl (C=O) groups excluding carboxylic acids is 3. The topological polar surface area (TPSA) is 173 Å². The van der Waals surface area contributed by atoms with Gasteiger partial charge in [0.25, 0.3) is 11.5 Å². The van der Waals surface area contributed by atoms with Crippen LogP contribution in [0.1, 0.15) is 72.2 Å². The average molecular weight is 729 g/mol. The summed E-state index contributed by atoms with van der Waals surface area (Å²) >= 11 is 0. The van der Waals surface area contributed by atoms with Gasteiger partial charge in [0.15, 0.2) is 17.3 Å². The van der Waals surface area contributed by atoms with Gasteiger partial charge in [-0.2, -0.15) is 5.10 Å². The molecule has 14 heteroatoms. The van der Waals surface area contributed by atoms with Crippen molar-refractivity contribution in [2.75, 3.05) is 42.9 Å². The lowest BCUT2D eigenvalue weighted by Crippen LogP contribution is -2.44. The van der Waals surface area contributed by atoms with E-state index in [9.17, 15) is 19.2 Å². The van der Waals surface area contributed by atoms with Gasteiger partial charge in [0.1, 0.15) is 6.04 Å². The summed E-state index contributed by atoms with van der Waals surface area (Å²) in [5, 5.41) is 11.4. The first kappa shape index (κ1) is 35.2. The van der Waals surface area contributed by atoms with E-state index in [4.69, 9.17) is 5.73 Å². The summed E-state index contributed by atoms with van der Waals surface area (Å²) in [4.78, 5) is 63.2. The molecule has 14 nitrogen and oxygen atoms in total. The highest BCUT2D eigenvalue weighted by molar-refractivity contribution is 5.99. The number of carbonyl (C=O) groups is 3. The molecule has 2 aromatic carbocycles. The maximum atomic E-state index is 13.3. The van der Waals surface area contributed by atoms with E-state index in [2.05, 4.69) is 53.7 Å². The van der Waals surface area contributed by atoms with Crippen molar-refractivity contribution in [3.8, 4) is 5.82 Å². The number of likely N-dealkylation sites (tertiary alicyclic amines) is 1. The number of hydrogen-bond donors (Lipinski definition) is 3. The van der Waals surface area contributed by atoms with Crippen LogP contribution in [-0.2, 0) is 9.59 Å². The molecular weight excluding hydrogens is 685 g/mol. The standard InChI is InChI=1S/C40H44N10O4/c1-25-10-21-50(46-25)34-23-42-36(37(41)52)38(44-34)43-30-4-2-27(3-5-30)28-13-16-47(17-14-28)24-26-11-18-48(19-12-26)31-6-7-32-29(22-31)15-20-49(40(32)54)33-8-9-35(51)45-39(33)53/h2-7,10,15,20-23,26,28,33H,8-9,11-14,16-19,24H2,1H3,(H2,41,52)(H,43,44)(H,45,51,53). The molecule has 0 radical (unpaired) electrons. The number of pyridine rings is 1. The van der Waals surface area contributed by atoms with Crippen LogP contribution in [0.4, 0.5) is 17.2 Å². The number of amides is 3. The Balaban J connectivity index is 0.824. The molecule has 8 rings (SSSR count). The number of nitrogens with two attached hydrogens (primary N) is 1. The van der Waals surface area contributed by atoms with Gasteiger partial charge in [-0.05, 0) is 117 Å². The number of rotatable bonds is 9. The quantitative estimate of drug-likeness (QED) is 0.187. The summed E-state index contributed by atoms with van der Waals surface area (Å²) in [6.45, 7) is 7.09. The number of fused-ring (bicyclic) bond motifs is 1. The van der Waals surface area contributed by atoms with Crippen molar-refractivity contribution in [3.05, 3.63) is 100 Å². The van der Waals surface area contributed by atoms with Crippen LogP contribution in [0.5, 0.6) is 0 Å². The minimum atomic E-state index is -0.663. The molecule has 0 aliphatic carbocycles. The van der Waals surface area contributed by atoms with Gasteiger partial charge in [0, 0.05) is 55.2 Å². The third-order valence-corrected chi connectivity index (χ3v) is 11.1. The number of nitrogens with one attached hydrogen (secondary N) is 2.